The number of nitrogens with zero attached hydrogens (tertiary/aromatic N) is 1. The zero-order chi connectivity index (χ0) is 13.5. The third-order valence-corrected chi connectivity index (χ3v) is 4.04. The minimum Gasteiger partial charge on any atom is -0.485 e. The zero-order valence-electron chi connectivity index (χ0n) is 10.5. The molecule has 2 heterocycles. The highest BCUT2D eigenvalue weighted by Crippen LogP contribution is 2.35. The summed E-state index contributed by atoms with van der Waals surface area (Å²) in [5.74, 6) is -0.259. The molecule has 0 bridgehead atoms. The van der Waals surface area contributed by atoms with Crippen LogP contribution in [0.2, 0.25) is 0 Å². The topological polar surface area (TPSA) is 76.5 Å². The molecule has 0 amide bonds. The first-order valence-corrected chi connectivity index (χ1v) is 7.00. The van der Waals surface area contributed by atoms with Crippen LogP contribution in [0.5, 0.6) is 5.75 Å². The van der Waals surface area contributed by atoms with Gasteiger partial charge in [0.2, 0.25) is 0 Å². The lowest BCUT2D eigenvalue weighted by atomic mass is 10.1. The Morgan fingerprint density at radius 3 is 2.83 bits per heavy atom. The molecule has 1 aliphatic heterocycles. The Bertz CT molecular complexity index is 539. The first kappa shape index (κ1) is 13.0. The average Bonchev–Trinajstić information content (AvgIpc) is 2.58. The fourth-order valence-electron chi connectivity index (χ4n) is 1.95. The van der Waals surface area contributed by atoms with Crippen molar-refractivity contribution in [1.82, 2.24) is 4.98 Å². The molecule has 0 saturated carbocycles. The normalized spacial score (nSPS) is 17.9. The Kier molecular flexibility index (Phi) is 3.14. The molecule has 5 nitrogen and oxygen atoms in total. The van der Waals surface area contributed by atoms with Crippen LogP contribution >= 0.6 is 0 Å². The van der Waals surface area contributed by atoms with E-state index in [0.29, 0.717) is 23.6 Å². The zero-order valence-corrected chi connectivity index (χ0v) is 11.3. The summed E-state index contributed by atoms with van der Waals surface area (Å²) in [6.45, 7) is 5.55. The molecule has 18 heavy (non-hydrogen) atoms. The van der Waals surface area contributed by atoms with Crippen LogP contribution in [0.3, 0.4) is 0 Å². The van der Waals surface area contributed by atoms with E-state index in [9.17, 15) is 9.00 Å². The summed E-state index contributed by atoms with van der Waals surface area (Å²) < 4.78 is 17.5. The number of hydrogen-bond donors (Lipinski definition) is 1. The molecular formula is C12H15NO4S. The van der Waals surface area contributed by atoms with Gasteiger partial charge in [-0.25, -0.2) is 9.78 Å². The van der Waals surface area contributed by atoms with Crippen molar-refractivity contribution < 1.29 is 18.8 Å². The minimum atomic E-state index is -1.36. The minimum absolute atomic E-state index is 0.129. The number of carbonyl (C=O) groups is 1. The summed E-state index contributed by atoms with van der Waals surface area (Å²) in [5.41, 5.74) is 0.0988. The van der Waals surface area contributed by atoms with Crippen LogP contribution in [-0.2, 0) is 17.2 Å². The molecule has 1 N–H and O–H groups in total. The quantitative estimate of drug-likeness (QED) is 0.902. The van der Waals surface area contributed by atoms with Gasteiger partial charge in [-0.1, -0.05) is 6.92 Å². The smallest absolute Gasteiger partial charge is 0.355 e. The molecule has 0 aliphatic carbocycles. The van der Waals surface area contributed by atoms with Crippen molar-refractivity contribution in [2.75, 3.05) is 5.75 Å². The van der Waals surface area contributed by atoms with Gasteiger partial charge in [0, 0.05) is 18.2 Å². The molecule has 0 spiro atoms. The van der Waals surface area contributed by atoms with Gasteiger partial charge in [0.25, 0.3) is 0 Å². The summed E-state index contributed by atoms with van der Waals surface area (Å²) in [6, 6.07) is 1.56. The van der Waals surface area contributed by atoms with Gasteiger partial charge < -0.3 is 9.84 Å². The van der Waals surface area contributed by atoms with E-state index in [2.05, 4.69) is 4.98 Å². The summed E-state index contributed by atoms with van der Waals surface area (Å²) in [6.07, 6.45) is 0.557. The fourth-order valence-corrected chi connectivity index (χ4v) is 2.85. The van der Waals surface area contributed by atoms with Gasteiger partial charge in [-0.05, 0) is 13.8 Å². The lowest BCUT2D eigenvalue weighted by Gasteiger charge is -2.16. The first-order valence-electron chi connectivity index (χ1n) is 5.68. The highest BCUT2D eigenvalue weighted by molar-refractivity contribution is 7.85. The number of carboxylic acid groups (broad SMARTS) is 1. The van der Waals surface area contributed by atoms with Crippen molar-refractivity contribution in [1.29, 1.82) is 0 Å². The number of aromatic nitrogens is 1. The number of pyridine rings is 1. The average molecular weight is 269 g/mol. The van der Waals surface area contributed by atoms with E-state index in [0.717, 1.165) is 0 Å². The maximum atomic E-state index is 11.9. The number of aromatic carboxylic acids is 1. The van der Waals surface area contributed by atoms with E-state index in [1.807, 2.05) is 13.8 Å². The maximum absolute atomic E-state index is 11.9. The van der Waals surface area contributed by atoms with Gasteiger partial charge in [-0.2, -0.15) is 0 Å². The Balaban J connectivity index is 2.56. The van der Waals surface area contributed by atoms with E-state index in [1.54, 1.807) is 13.0 Å². The monoisotopic (exact) mass is 269 g/mol. The highest BCUT2D eigenvalue weighted by atomic mass is 32.2. The van der Waals surface area contributed by atoms with Gasteiger partial charge in [0.15, 0.2) is 5.69 Å². The molecule has 1 aliphatic rings. The van der Waals surface area contributed by atoms with Crippen LogP contribution in [0.25, 0.3) is 0 Å². The molecule has 2 rings (SSSR count). The van der Waals surface area contributed by atoms with Crippen LogP contribution in [0, 0.1) is 0 Å². The van der Waals surface area contributed by atoms with Crippen LogP contribution in [-0.4, -0.2) is 31.6 Å². The predicted octanol–water partition coefficient (Wildman–Crippen LogP) is 1.62. The third kappa shape index (κ3) is 2.25. The molecule has 0 aromatic carbocycles. The van der Waals surface area contributed by atoms with Crippen LogP contribution < -0.4 is 4.74 Å². The maximum Gasteiger partial charge on any atom is 0.355 e. The van der Waals surface area contributed by atoms with Gasteiger partial charge in [0.1, 0.15) is 11.4 Å². The standard InChI is InChI=1S/C12H15NO4S/c1-4-18(16)9-5-8-7(6-12(2,3)17-8)13-10(9)11(14)15/h5H,4,6H2,1-3H3,(H,14,15). The highest BCUT2D eigenvalue weighted by Gasteiger charge is 2.33. The third-order valence-electron chi connectivity index (χ3n) is 2.72. The van der Waals surface area contributed by atoms with Crippen LogP contribution in [0.15, 0.2) is 11.0 Å². The number of rotatable bonds is 3. The predicted molar refractivity (Wildman–Crippen MR) is 66.6 cm³/mol. The van der Waals surface area contributed by atoms with Crippen molar-refractivity contribution in [3.05, 3.63) is 17.5 Å². The first-order chi connectivity index (χ1) is 8.34. The lowest BCUT2D eigenvalue weighted by Crippen LogP contribution is -2.24. The molecular weight excluding hydrogens is 254 g/mol. The van der Waals surface area contributed by atoms with Crippen molar-refractivity contribution >= 4 is 16.8 Å². The SMILES string of the molecule is CCS(=O)c1cc2c(nc1C(=O)O)CC(C)(C)O2. The van der Waals surface area contributed by atoms with E-state index in [4.69, 9.17) is 9.84 Å². The Morgan fingerprint density at radius 1 is 1.61 bits per heavy atom. The van der Waals surface area contributed by atoms with E-state index < -0.39 is 22.4 Å². The fraction of sp³-hybridized carbons (Fsp3) is 0.500. The van der Waals surface area contributed by atoms with Gasteiger partial charge >= 0.3 is 5.97 Å². The van der Waals surface area contributed by atoms with Crippen molar-refractivity contribution in [3.63, 3.8) is 0 Å². The molecule has 6 heteroatoms. The summed E-state index contributed by atoms with van der Waals surface area (Å²) in [4.78, 5) is 15.5. The molecule has 0 saturated heterocycles. The molecule has 0 fully saturated rings. The summed E-state index contributed by atoms with van der Waals surface area (Å²) in [7, 11) is -1.36. The Morgan fingerprint density at radius 2 is 2.28 bits per heavy atom. The van der Waals surface area contributed by atoms with Gasteiger partial charge in [-0.3, -0.25) is 4.21 Å². The second-order valence-electron chi connectivity index (χ2n) is 4.76. The summed E-state index contributed by atoms with van der Waals surface area (Å²) >= 11 is 0. The second-order valence-corrected chi connectivity index (χ2v) is 6.47. The van der Waals surface area contributed by atoms with Gasteiger partial charge in [0.05, 0.1) is 21.4 Å². The number of ether oxygens (including phenoxy) is 1. The Labute approximate surface area is 108 Å². The molecule has 1 aromatic heterocycles. The second kappa shape index (κ2) is 4.35. The Hall–Kier alpha value is -1.43. The molecule has 0 radical (unpaired) electrons. The van der Waals surface area contributed by atoms with Gasteiger partial charge in [-0.15, -0.1) is 0 Å². The summed E-state index contributed by atoms with van der Waals surface area (Å²) in [5, 5.41) is 9.13. The molecule has 1 aromatic rings. The van der Waals surface area contributed by atoms with Crippen LogP contribution in [0.1, 0.15) is 37.0 Å². The van der Waals surface area contributed by atoms with E-state index >= 15 is 0 Å². The van der Waals surface area contributed by atoms with Crippen molar-refractivity contribution in [2.45, 2.75) is 37.7 Å². The largest absolute Gasteiger partial charge is 0.485 e. The van der Waals surface area contributed by atoms with E-state index in [-0.39, 0.29) is 10.6 Å². The number of hydrogen-bond acceptors (Lipinski definition) is 4. The molecule has 98 valence electrons. The van der Waals surface area contributed by atoms with Crippen molar-refractivity contribution in [2.24, 2.45) is 0 Å². The van der Waals surface area contributed by atoms with Crippen LogP contribution in [0.4, 0.5) is 0 Å². The number of carboxylic acids is 1. The number of fused-ring (bicyclic) bond motifs is 1. The molecule has 1 atom stereocenters. The van der Waals surface area contributed by atoms with Crippen molar-refractivity contribution in [3.8, 4) is 5.75 Å². The lowest BCUT2D eigenvalue weighted by molar-refractivity contribution is 0.0686. The molecule has 1 unspecified atom stereocenters. The van der Waals surface area contributed by atoms with E-state index in [1.165, 1.54) is 0 Å².